The molecule has 0 aliphatic rings. The van der Waals surface area contributed by atoms with Gasteiger partial charge in [-0.1, -0.05) is 11.6 Å². The number of carbonyl (C=O) groups is 1. The van der Waals surface area contributed by atoms with Crippen molar-refractivity contribution in [1.29, 1.82) is 0 Å². The Bertz CT molecular complexity index is 571. The van der Waals surface area contributed by atoms with Crippen molar-refractivity contribution < 1.29 is 9.53 Å². The van der Waals surface area contributed by atoms with E-state index in [0.29, 0.717) is 23.3 Å². The van der Waals surface area contributed by atoms with Gasteiger partial charge in [0, 0.05) is 22.4 Å². The summed E-state index contributed by atoms with van der Waals surface area (Å²) in [5.41, 5.74) is 1.64. The molecule has 1 aromatic carbocycles. The monoisotopic (exact) mass is 311 g/mol. The molecule has 0 saturated carbocycles. The molecule has 106 valence electrons. The van der Waals surface area contributed by atoms with Gasteiger partial charge in [-0.2, -0.15) is 0 Å². The van der Waals surface area contributed by atoms with E-state index in [1.165, 1.54) is 11.3 Å². The minimum atomic E-state index is -0.451. The number of carbonyl (C=O) groups excluding carboxylic acids is 1. The summed E-state index contributed by atoms with van der Waals surface area (Å²) in [4.78, 5) is 16.3. The summed E-state index contributed by atoms with van der Waals surface area (Å²) in [5.74, 6) is 0. The van der Waals surface area contributed by atoms with Crippen LogP contribution in [0.3, 0.4) is 0 Å². The summed E-state index contributed by atoms with van der Waals surface area (Å²) in [6, 6.07) is 7.37. The summed E-state index contributed by atoms with van der Waals surface area (Å²) < 4.78 is 5.34. The third-order valence-corrected chi connectivity index (χ3v) is 3.51. The van der Waals surface area contributed by atoms with E-state index in [1.54, 1.807) is 25.3 Å². The number of rotatable bonds is 5. The first-order valence-electron chi connectivity index (χ1n) is 6.05. The highest BCUT2D eigenvalue weighted by molar-refractivity contribution is 7.15. The number of thiazole rings is 1. The van der Waals surface area contributed by atoms with Gasteiger partial charge in [0.25, 0.3) is 0 Å². The SMILES string of the molecule is CCOC(=O)Nc1ccc(NCc2cnc(Cl)s2)cc1. The van der Waals surface area contributed by atoms with Gasteiger partial charge in [0.1, 0.15) is 0 Å². The second-order valence-electron chi connectivity index (χ2n) is 3.86. The van der Waals surface area contributed by atoms with E-state index in [-0.39, 0.29) is 0 Å². The van der Waals surface area contributed by atoms with E-state index in [2.05, 4.69) is 15.6 Å². The van der Waals surface area contributed by atoms with Gasteiger partial charge in [-0.25, -0.2) is 9.78 Å². The highest BCUT2D eigenvalue weighted by Gasteiger charge is 2.02. The molecule has 0 radical (unpaired) electrons. The van der Waals surface area contributed by atoms with Gasteiger partial charge >= 0.3 is 6.09 Å². The van der Waals surface area contributed by atoms with Crippen LogP contribution in [0.25, 0.3) is 0 Å². The molecule has 0 saturated heterocycles. The van der Waals surface area contributed by atoms with Crippen molar-refractivity contribution in [3.05, 3.63) is 39.8 Å². The van der Waals surface area contributed by atoms with E-state index in [0.717, 1.165) is 10.6 Å². The van der Waals surface area contributed by atoms with E-state index in [4.69, 9.17) is 16.3 Å². The number of ether oxygens (including phenoxy) is 1. The quantitative estimate of drug-likeness (QED) is 0.876. The maximum atomic E-state index is 11.2. The molecule has 0 aliphatic carbocycles. The number of hydrogen-bond acceptors (Lipinski definition) is 5. The van der Waals surface area contributed by atoms with Crippen LogP contribution in [0, 0.1) is 0 Å². The number of aromatic nitrogens is 1. The van der Waals surface area contributed by atoms with Gasteiger partial charge in [0.15, 0.2) is 4.47 Å². The van der Waals surface area contributed by atoms with Gasteiger partial charge in [-0.15, -0.1) is 11.3 Å². The van der Waals surface area contributed by atoms with E-state index in [9.17, 15) is 4.79 Å². The van der Waals surface area contributed by atoms with Crippen LogP contribution in [0.4, 0.5) is 16.2 Å². The van der Waals surface area contributed by atoms with Gasteiger partial charge in [0.2, 0.25) is 0 Å². The largest absolute Gasteiger partial charge is 0.450 e. The second kappa shape index (κ2) is 7.12. The molecule has 20 heavy (non-hydrogen) atoms. The van der Waals surface area contributed by atoms with Crippen molar-refractivity contribution in [2.75, 3.05) is 17.2 Å². The Morgan fingerprint density at radius 3 is 2.65 bits per heavy atom. The van der Waals surface area contributed by atoms with Crippen molar-refractivity contribution in [2.45, 2.75) is 13.5 Å². The lowest BCUT2D eigenvalue weighted by atomic mass is 10.3. The molecule has 1 heterocycles. The predicted octanol–water partition coefficient (Wildman–Crippen LogP) is 3.98. The molecule has 0 aliphatic heterocycles. The normalized spacial score (nSPS) is 10.1. The Hall–Kier alpha value is -1.79. The topological polar surface area (TPSA) is 63.2 Å². The number of benzene rings is 1. The fourth-order valence-electron chi connectivity index (χ4n) is 1.51. The van der Waals surface area contributed by atoms with Crippen LogP contribution >= 0.6 is 22.9 Å². The smallest absolute Gasteiger partial charge is 0.411 e. The standard InChI is InChI=1S/C13H14ClN3O2S/c1-2-19-13(18)17-10-5-3-9(4-6-10)15-7-11-8-16-12(14)20-11/h3-6,8,15H,2,7H2,1H3,(H,17,18). The molecular formula is C13H14ClN3O2S. The summed E-state index contributed by atoms with van der Waals surface area (Å²) in [6.45, 7) is 2.77. The highest BCUT2D eigenvalue weighted by atomic mass is 35.5. The van der Waals surface area contributed by atoms with Crippen LogP contribution in [0.15, 0.2) is 30.5 Å². The zero-order valence-electron chi connectivity index (χ0n) is 10.9. The summed E-state index contributed by atoms with van der Waals surface area (Å²) in [7, 11) is 0. The van der Waals surface area contributed by atoms with Crippen LogP contribution in [0.2, 0.25) is 4.47 Å². The van der Waals surface area contributed by atoms with Gasteiger partial charge in [0.05, 0.1) is 13.2 Å². The average molecular weight is 312 g/mol. The third kappa shape index (κ3) is 4.40. The predicted molar refractivity (Wildman–Crippen MR) is 81.5 cm³/mol. The number of amides is 1. The van der Waals surface area contributed by atoms with Crippen LogP contribution < -0.4 is 10.6 Å². The number of anilines is 2. The van der Waals surface area contributed by atoms with E-state index in [1.807, 2.05) is 12.1 Å². The first kappa shape index (κ1) is 14.6. The minimum absolute atomic E-state index is 0.350. The number of nitrogens with one attached hydrogen (secondary N) is 2. The average Bonchev–Trinajstić information content (AvgIpc) is 2.84. The van der Waals surface area contributed by atoms with E-state index >= 15 is 0 Å². The van der Waals surface area contributed by atoms with Crippen LogP contribution in [0.5, 0.6) is 0 Å². The lowest BCUT2D eigenvalue weighted by Crippen LogP contribution is -2.13. The Labute approximate surface area is 125 Å². The molecule has 0 unspecified atom stereocenters. The van der Waals surface area contributed by atoms with Gasteiger partial charge in [-0.05, 0) is 31.2 Å². The van der Waals surface area contributed by atoms with Crippen molar-refractivity contribution in [1.82, 2.24) is 4.98 Å². The van der Waals surface area contributed by atoms with Crippen molar-refractivity contribution in [3.8, 4) is 0 Å². The van der Waals surface area contributed by atoms with E-state index < -0.39 is 6.09 Å². The molecule has 0 bridgehead atoms. The molecule has 0 spiro atoms. The number of halogens is 1. The molecule has 1 aromatic heterocycles. The zero-order chi connectivity index (χ0) is 14.4. The molecule has 7 heteroatoms. The third-order valence-electron chi connectivity index (χ3n) is 2.40. The molecule has 0 fully saturated rings. The Balaban J connectivity index is 1.86. The Morgan fingerprint density at radius 1 is 1.35 bits per heavy atom. The van der Waals surface area contributed by atoms with Crippen molar-refractivity contribution in [3.63, 3.8) is 0 Å². The lowest BCUT2D eigenvalue weighted by molar-refractivity contribution is 0.168. The first-order chi connectivity index (χ1) is 9.67. The van der Waals surface area contributed by atoms with Gasteiger partial charge < -0.3 is 10.1 Å². The van der Waals surface area contributed by atoms with Crippen LogP contribution in [-0.4, -0.2) is 17.7 Å². The number of hydrogen-bond donors (Lipinski definition) is 2. The zero-order valence-corrected chi connectivity index (χ0v) is 12.4. The molecule has 2 N–H and O–H groups in total. The van der Waals surface area contributed by atoms with Crippen LogP contribution in [-0.2, 0) is 11.3 Å². The summed E-state index contributed by atoms with van der Waals surface area (Å²) >= 11 is 7.21. The molecular weight excluding hydrogens is 298 g/mol. The minimum Gasteiger partial charge on any atom is -0.450 e. The highest BCUT2D eigenvalue weighted by Crippen LogP contribution is 2.20. The Kier molecular flexibility index (Phi) is 5.20. The first-order valence-corrected chi connectivity index (χ1v) is 7.24. The van der Waals surface area contributed by atoms with Crippen molar-refractivity contribution >= 4 is 40.4 Å². The van der Waals surface area contributed by atoms with Crippen LogP contribution in [0.1, 0.15) is 11.8 Å². The lowest BCUT2D eigenvalue weighted by Gasteiger charge is -2.07. The maximum absolute atomic E-state index is 11.2. The molecule has 5 nitrogen and oxygen atoms in total. The summed E-state index contributed by atoms with van der Waals surface area (Å²) in [6.07, 6.45) is 1.30. The fourth-order valence-corrected chi connectivity index (χ4v) is 2.43. The maximum Gasteiger partial charge on any atom is 0.411 e. The molecule has 2 aromatic rings. The van der Waals surface area contributed by atoms with Crippen molar-refractivity contribution in [2.24, 2.45) is 0 Å². The second-order valence-corrected chi connectivity index (χ2v) is 5.55. The van der Waals surface area contributed by atoms with Gasteiger partial charge in [-0.3, -0.25) is 5.32 Å². The fraction of sp³-hybridized carbons (Fsp3) is 0.231. The molecule has 1 amide bonds. The number of nitrogens with zero attached hydrogens (tertiary/aromatic N) is 1. The summed E-state index contributed by atoms with van der Waals surface area (Å²) in [5, 5.41) is 5.88. The molecule has 2 rings (SSSR count). The molecule has 0 atom stereocenters. The Morgan fingerprint density at radius 2 is 2.05 bits per heavy atom.